The third-order valence-corrected chi connectivity index (χ3v) is 12.5. The standard InChI is InChI=1S/C30H29F6N7O2S3/c1-4-19(44)43-14(2)6-41(7-15(43)3)24-16-5-18(30(34,35)36)20(17-8-46-25-21(17)38-26(37)48-25)23-22(16)42(27(45)39-24)11-28(13-47-23)9-40(10-28)12-29(31,32)33/h4-5,8,14-15H,1,6-7,9-13H2,2-3H3,(H2,37,38)/t14-,15+. The second-order valence-corrected chi connectivity index (χ2v) is 15.9. The molecular formula is C30H29F6N7O2S3. The molecule has 0 unspecified atom stereocenters. The minimum absolute atomic E-state index is 0.00804. The molecule has 3 aliphatic heterocycles. The number of halogens is 6. The third kappa shape index (κ3) is 5.53. The molecule has 256 valence electrons. The fourth-order valence-corrected chi connectivity index (χ4v) is 10.8. The van der Waals surface area contributed by atoms with E-state index in [4.69, 9.17) is 5.73 Å². The molecule has 48 heavy (non-hydrogen) atoms. The molecule has 7 rings (SSSR count). The van der Waals surface area contributed by atoms with Crippen molar-refractivity contribution in [2.75, 3.05) is 49.1 Å². The summed E-state index contributed by atoms with van der Waals surface area (Å²) in [6, 6.07) is 0.269. The quantitative estimate of drug-likeness (QED) is 0.204. The molecule has 1 spiro atoms. The summed E-state index contributed by atoms with van der Waals surface area (Å²) in [6.45, 7) is 6.47. The van der Waals surface area contributed by atoms with E-state index in [0.717, 1.165) is 29.2 Å². The molecule has 4 aromatic rings. The summed E-state index contributed by atoms with van der Waals surface area (Å²) >= 11 is 3.49. The fourth-order valence-electron chi connectivity index (χ4n) is 7.43. The van der Waals surface area contributed by atoms with Gasteiger partial charge in [0.15, 0.2) is 5.13 Å². The van der Waals surface area contributed by atoms with Crippen LogP contribution in [-0.2, 0) is 17.5 Å². The van der Waals surface area contributed by atoms with Gasteiger partial charge in [0.05, 0.1) is 17.6 Å². The van der Waals surface area contributed by atoms with E-state index in [1.54, 1.807) is 29.0 Å². The van der Waals surface area contributed by atoms with E-state index in [2.05, 4.69) is 16.5 Å². The number of likely N-dealkylation sites (tertiary alicyclic amines) is 1. The smallest absolute Gasteiger partial charge is 0.375 e. The second-order valence-electron chi connectivity index (χ2n) is 12.8. The van der Waals surface area contributed by atoms with Gasteiger partial charge in [-0.3, -0.25) is 14.3 Å². The molecule has 0 radical (unpaired) electrons. The number of alkyl halides is 6. The van der Waals surface area contributed by atoms with Crippen molar-refractivity contribution >= 4 is 71.7 Å². The van der Waals surface area contributed by atoms with Crippen LogP contribution in [0.15, 0.2) is 33.8 Å². The van der Waals surface area contributed by atoms with Crippen molar-refractivity contribution < 1.29 is 31.1 Å². The lowest BCUT2D eigenvalue weighted by Crippen LogP contribution is -2.61. The first-order valence-electron chi connectivity index (χ1n) is 14.9. The first kappa shape index (κ1) is 33.2. The molecule has 0 aliphatic carbocycles. The maximum atomic E-state index is 15.2. The molecule has 0 bridgehead atoms. The Morgan fingerprint density at radius 3 is 2.44 bits per heavy atom. The van der Waals surface area contributed by atoms with Gasteiger partial charge in [-0.1, -0.05) is 17.9 Å². The number of rotatable bonds is 4. The normalized spacial score (nSPS) is 21.6. The van der Waals surface area contributed by atoms with E-state index in [1.165, 1.54) is 26.9 Å². The van der Waals surface area contributed by atoms with Crippen LogP contribution in [0.25, 0.3) is 31.6 Å². The van der Waals surface area contributed by atoms with Crippen molar-refractivity contribution in [2.24, 2.45) is 5.41 Å². The van der Waals surface area contributed by atoms with E-state index < -0.39 is 35.6 Å². The van der Waals surface area contributed by atoms with Gasteiger partial charge in [-0.25, -0.2) is 9.78 Å². The summed E-state index contributed by atoms with van der Waals surface area (Å²) < 4.78 is 87.2. The van der Waals surface area contributed by atoms with Crippen molar-refractivity contribution in [3.8, 4) is 11.1 Å². The summed E-state index contributed by atoms with van der Waals surface area (Å²) in [5, 5.41) is 1.90. The van der Waals surface area contributed by atoms with Gasteiger partial charge in [-0.2, -0.15) is 31.3 Å². The number of thiophene rings is 1. The first-order chi connectivity index (χ1) is 22.5. The van der Waals surface area contributed by atoms with Gasteiger partial charge in [-0.05, 0) is 26.0 Å². The van der Waals surface area contributed by atoms with Crippen LogP contribution in [0, 0.1) is 5.41 Å². The van der Waals surface area contributed by atoms with Crippen LogP contribution in [-0.4, -0.2) is 87.0 Å². The lowest BCUT2D eigenvalue weighted by atomic mass is 9.81. The highest BCUT2D eigenvalue weighted by atomic mass is 32.2. The highest BCUT2D eigenvalue weighted by molar-refractivity contribution is 7.99. The summed E-state index contributed by atoms with van der Waals surface area (Å²) in [5.74, 6) is -0.0397. The van der Waals surface area contributed by atoms with Gasteiger partial charge in [0, 0.05) is 82.8 Å². The molecule has 2 atom stereocenters. The molecule has 2 fully saturated rings. The van der Waals surface area contributed by atoms with Crippen LogP contribution in [0.1, 0.15) is 19.4 Å². The highest BCUT2D eigenvalue weighted by Crippen LogP contribution is 2.53. The average molecular weight is 730 g/mol. The molecule has 1 aromatic carbocycles. The van der Waals surface area contributed by atoms with Crippen LogP contribution in [0.3, 0.4) is 0 Å². The Bertz CT molecular complexity index is 2020. The zero-order chi connectivity index (χ0) is 34.5. The number of carbonyl (C=O) groups is 1. The Labute approximate surface area is 282 Å². The van der Waals surface area contributed by atoms with Gasteiger partial charge < -0.3 is 15.5 Å². The van der Waals surface area contributed by atoms with Crippen molar-refractivity contribution in [1.82, 2.24) is 24.3 Å². The molecule has 0 saturated carbocycles. The number of fused-ring (bicyclic) bond motifs is 1. The molecule has 3 aromatic heterocycles. The Kier molecular flexibility index (Phi) is 7.84. The molecule has 2 saturated heterocycles. The summed E-state index contributed by atoms with van der Waals surface area (Å²) in [4.78, 5) is 40.0. The number of thioether (sulfide) groups is 1. The summed E-state index contributed by atoms with van der Waals surface area (Å²) in [6.07, 6.45) is -8.05. The number of anilines is 2. The fraction of sp³-hybridized carbons (Fsp3) is 0.467. The van der Waals surface area contributed by atoms with Crippen LogP contribution >= 0.6 is 34.4 Å². The molecule has 1 amide bonds. The van der Waals surface area contributed by atoms with Crippen LogP contribution in [0.2, 0.25) is 0 Å². The van der Waals surface area contributed by atoms with Gasteiger partial charge in [-0.15, -0.1) is 23.1 Å². The predicted octanol–water partition coefficient (Wildman–Crippen LogP) is 5.92. The SMILES string of the molecule is C=CC(=O)N1[C@H](C)CN(c2nc(=O)n3c4c(c(-c5csc6sc(N)nc56)c(C(F)(F)F)cc24)SCC2(CN(CC(F)(F)F)C2)C3)C[C@@H]1C. The number of aromatic nitrogens is 3. The zero-order valence-corrected chi connectivity index (χ0v) is 28.1. The topological polar surface area (TPSA) is 101 Å². The molecule has 6 heterocycles. The van der Waals surface area contributed by atoms with Crippen molar-refractivity contribution in [3.05, 3.63) is 40.1 Å². The number of nitrogen functional groups attached to an aromatic ring is 1. The maximum Gasteiger partial charge on any atom is 0.417 e. The number of nitrogens with zero attached hydrogens (tertiary/aromatic N) is 6. The van der Waals surface area contributed by atoms with E-state index in [9.17, 15) is 22.8 Å². The van der Waals surface area contributed by atoms with E-state index in [1.807, 2.05) is 0 Å². The maximum absolute atomic E-state index is 15.2. The van der Waals surface area contributed by atoms with Gasteiger partial charge in [0.25, 0.3) is 0 Å². The number of piperazine rings is 1. The monoisotopic (exact) mass is 729 g/mol. The number of hydrogen-bond acceptors (Lipinski definition) is 10. The van der Waals surface area contributed by atoms with E-state index in [0.29, 0.717) is 9.53 Å². The largest absolute Gasteiger partial charge is 0.417 e. The number of carbonyl (C=O) groups excluding carboxylic acids is 1. The average Bonchev–Trinajstić information content (AvgIpc) is 3.46. The number of nitrogens with two attached hydrogens (primary N) is 1. The lowest BCUT2D eigenvalue weighted by Gasteiger charge is -2.50. The van der Waals surface area contributed by atoms with Gasteiger partial charge in [0.2, 0.25) is 5.91 Å². The summed E-state index contributed by atoms with van der Waals surface area (Å²) in [5.41, 5.74) is 4.12. The van der Waals surface area contributed by atoms with Gasteiger partial charge in [0.1, 0.15) is 15.3 Å². The van der Waals surface area contributed by atoms with Crippen LogP contribution in [0.5, 0.6) is 0 Å². The molecular weight excluding hydrogens is 701 g/mol. The molecule has 3 aliphatic rings. The van der Waals surface area contributed by atoms with E-state index in [-0.39, 0.29) is 94.3 Å². The third-order valence-electron chi connectivity index (χ3n) is 9.11. The lowest BCUT2D eigenvalue weighted by molar-refractivity contribution is -0.168. The van der Waals surface area contributed by atoms with Crippen molar-refractivity contribution in [1.29, 1.82) is 0 Å². The molecule has 9 nitrogen and oxygen atoms in total. The van der Waals surface area contributed by atoms with Crippen LogP contribution < -0.4 is 16.3 Å². The Balaban J connectivity index is 1.46. The molecule has 18 heteroatoms. The van der Waals surface area contributed by atoms with E-state index >= 15 is 13.2 Å². The Morgan fingerprint density at radius 1 is 1.12 bits per heavy atom. The number of hydrogen-bond donors (Lipinski definition) is 1. The van der Waals surface area contributed by atoms with Gasteiger partial charge >= 0.3 is 18.0 Å². The second kappa shape index (κ2) is 11.3. The summed E-state index contributed by atoms with van der Waals surface area (Å²) in [7, 11) is 0. The van der Waals surface area contributed by atoms with Crippen molar-refractivity contribution in [2.45, 2.75) is 49.7 Å². The van der Waals surface area contributed by atoms with Crippen LogP contribution in [0.4, 0.5) is 37.3 Å². The first-order valence-corrected chi connectivity index (χ1v) is 17.6. The minimum atomic E-state index is -4.84. The Morgan fingerprint density at radius 2 is 1.81 bits per heavy atom. The highest BCUT2D eigenvalue weighted by Gasteiger charge is 2.49. The Hall–Kier alpha value is -3.35. The molecule has 2 N–H and O–H groups in total. The number of benzene rings is 1. The zero-order valence-electron chi connectivity index (χ0n) is 25.6. The minimum Gasteiger partial charge on any atom is -0.375 e. The predicted molar refractivity (Wildman–Crippen MR) is 176 cm³/mol. The van der Waals surface area contributed by atoms with Crippen molar-refractivity contribution in [3.63, 3.8) is 0 Å². The number of amides is 1. The number of thiazole rings is 1.